The van der Waals surface area contributed by atoms with Crippen molar-refractivity contribution in [3.05, 3.63) is 34.9 Å². The molecule has 3 N–H and O–H groups in total. The van der Waals surface area contributed by atoms with Gasteiger partial charge >= 0.3 is 0 Å². The summed E-state index contributed by atoms with van der Waals surface area (Å²) in [6.45, 7) is 9.31. The van der Waals surface area contributed by atoms with E-state index >= 15 is 0 Å². The standard InChI is InChI=1S/C14H24N2/c1-5-12(4)16-14(9-15)13-8-10(2)6-7-11(13)3/h6-8,12,14,16H,5,9,15H2,1-4H3. The summed E-state index contributed by atoms with van der Waals surface area (Å²) < 4.78 is 0. The molecule has 0 heterocycles. The van der Waals surface area contributed by atoms with Crippen LogP contribution in [0.5, 0.6) is 0 Å². The Morgan fingerprint density at radius 3 is 2.56 bits per heavy atom. The first-order valence-electron chi connectivity index (χ1n) is 6.11. The summed E-state index contributed by atoms with van der Waals surface area (Å²) in [4.78, 5) is 0. The molecule has 0 saturated carbocycles. The molecule has 0 spiro atoms. The van der Waals surface area contributed by atoms with Gasteiger partial charge in [-0.2, -0.15) is 0 Å². The van der Waals surface area contributed by atoms with Crippen molar-refractivity contribution in [1.29, 1.82) is 0 Å². The molecule has 1 aromatic carbocycles. The lowest BCUT2D eigenvalue weighted by atomic mass is 9.98. The van der Waals surface area contributed by atoms with Crippen molar-refractivity contribution in [2.24, 2.45) is 5.73 Å². The van der Waals surface area contributed by atoms with Crippen LogP contribution in [0.15, 0.2) is 18.2 Å². The van der Waals surface area contributed by atoms with E-state index in [-0.39, 0.29) is 6.04 Å². The molecule has 2 unspecified atom stereocenters. The number of rotatable bonds is 5. The largest absolute Gasteiger partial charge is 0.329 e. The minimum absolute atomic E-state index is 0.273. The molecular formula is C14H24N2. The third-order valence-corrected chi connectivity index (χ3v) is 3.14. The maximum absolute atomic E-state index is 5.86. The van der Waals surface area contributed by atoms with Gasteiger partial charge in [-0.25, -0.2) is 0 Å². The lowest BCUT2D eigenvalue weighted by Crippen LogP contribution is -2.35. The molecule has 0 saturated heterocycles. The lowest BCUT2D eigenvalue weighted by molar-refractivity contribution is 0.450. The summed E-state index contributed by atoms with van der Waals surface area (Å²) in [5.74, 6) is 0. The Hall–Kier alpha value is -0.860. The van der Waals surface area contributed by atoms with Crippen LogP contribution in [-0.2, 0) is 0 Å². The molecule has 0 bridgehead atoms. The third-order valence-electron chi connectivity index (χ3n) is 3.14. The van der Waals surface area contributed by atoms with Gasteiger partial charge in [0, 0.05) is 18.6 Å². The van der Waals surface area contributed by atoms with Gasteiger partial charge < -0.3 is 11.1 Å². The van der Waals surface area contributed by atoms with Gasteiger partial charge in [0.25, 0.3) is 0 Å². The Balaban J connectivity index is 2.89. The monoisotopic (exact) mass is 220 g/mol. The van der Waals surface area contributed by atoms with E-state index in [1.54, 1.807) is 0 Å². The van der Waals surface area contributed by atoms with Crippen molar-refractivity contribution in [2.75, 3.05) is 6.54 Å². The number of hydrogen-bond donors (Lipinski definition) is 2. The number of nitrogens with two attached hydrogens (primary N) is 1. The van der Waals surface area contributed by atoms with Crippen molar-refractivity contribution >= 4 is 0 Å². The summed E-state index contributed by atoms with van der Waals surface area (Å²) in [7, 11) is 0. The predicted molar refractivity (Wildman–Crippen MR) is 70.6 cm³/mol. The molecule has 0 amide bonds. The number of hydrogen-bond acceptors (Lipinski definition) is 2. The third kappa shape index (κ3) is 3.32. The van der Waals surface area contributed by atoms with Gasteiger partial charge in [0.2, 0.25) is 0 Å². The molecule has 2 heteroatoms. The first-order valence-corrected chi connectivity index (χ1v) is 6.11. The van der Waals surface area contributed by atoms with E-state index in [4.69, 9.17) is 5.73 Å². The van der Waals surface area contributed by atoms with Crippen LogP contribution in [0, 0.1) is 13.8 Å². The van der Waals surface area contributed by atoms with Gasteiger partial charge in [0.15, 0.2) is 0 Å². The van der Waals surface area contributed by atoms with E-state index in [9.17, 15) is 0 Å². The van der Waals surface area contributed by atoms with E-state index in [1.165, 1.54) is 16.7 Å². The quantitative estimate of drug-likeness (QED) is 0.800. The molecule has 16 heavy (non-hydrogen) atoms. The summed E-state index contributed by atoms with van der Waals surface area (Å²) in [6, 6.07) is 7.34. The molecule has 0 aliphatic carbocycles. The van der Waals surface area contributed by atoms with Gasteiger partial charge in [-0.1, -0.05) is 30.7 Å². The maximum Gasteiger partial charge on any atom is 0.0449 e. The molecule has 0 aliphatic rings. The minimum atomic E-state index is 0.273. The van der Waals surface area contributed by atoms with Gasteiger partial charge in [-0.3, -0.25) is 0 Å². The molecule has 2 nitrogen and oxygen atoms in total. The Bertz CT molecular complexity index is 334. The first kappa shape index (κ1) is 13.2. The van der Waals surface area contributed by atoms with Crippen molar-refractivity contribution in [1.82, 2.24) is 5.32 Å². The van der Waals surface area contributed by atoms with Crippen molar-refractivity contribution in [3.8, 4) is 0 Å². The second-order valence-electron chi connectivity index (χ2n) is 4.62. The second-order valence-corrected chi connectivity index (χ2v) is 4.62. The zero-order valence-corrected chi connectivity index (χ0v) is 10.9. The molecule has 0 fully saturated rings. The molecule has 2 atom stereocenters. The number of nitrogens with one attached hydrogen (secondary N) is 1. The molecular weight excluding hydrogens is 196 g/mol. The smallest absolute Gasteiger partial charge is 0.0449 e. The van der Waals surface area contributed by atoms with Crippen LogP contribution in [-0.4, -0.2) is 12.6 Å². The summed E-state index contributed by atoms with van der Waals surface area (Å²) in [5, 5.41) is 3.58. The highest BCUT2D eigenvalue weighted by Gasteiger charge is 2.13. The summed E-state index contributed by atoms with van der Waals surface area (Å²) in [6.07, 6.45) is 1.13. The zero-order chi connectivity index (χ0) is 12.1. The van der Waals surface area contributed by atoms with Crippen molar-refractivity contribution in [2.45, 2.75) is 46.2 Å². The number of aryl methyl sites for hydroxylation is 2. The SMILES string of the molecule is CCC(C)NC(CN)c1cc(C)ccc1C. The Labute approximate surface area is 99.2 Å². The van der Waals surface area contributed by atoms with Crippen molar-refractivity contribution in [3.63, 3.8) is 0 Å². The van der Waals surface area contributed by atoms with E-state index in [0.717, 1.165) is 6.42 Å². The molecule has 0 aromatic heterocycles. The number of benzene rings is 1. The molecule has 0 radical (unpaired) electrons. The highest BCUT2D eigenvalue weighted by atomic mass is 15.0. The van der Waals surface area contributed by atoms with Gasteiger partial charge in [0.1, 0.15) is 0 Å². The highest BCUT2D eigenvalue weighted by molar-refractivity contribution is 5.33. The molecule has 0 aliphatic heterocycles. The Morgan fingerprint density at radius 2 is 2.00 bits per heavy atom. The van der Waals surface area contributed by atoms with Crippen LogP contribution < -0.4 is 11.1 Å². The zero-order valence-electron chi connectivity index (χ0n) is 10.9. The predicted octanol–water partition coefficient (Wildman–Crippen LogP) is 2.69. The molecule has 1 rings (SSSR count). The summed E-state index contributed by atoms with van der Waals surface area (Å²) in [5.41, 5.74) is 9.81. The molecule has 90 valence electrons. The average molecular weight is 220 g/mol. The fourth-order valence-corrected chi connectivity index (χ4v) is 1.88. The summed E-state index contributed by atoms with van der Waals surface area (Å²) >= 11 is 0. The van der Waals surface area contributed by atoms with Crippen LogP contribution in [0.4, 0.5) is 0 Å². The van der Waals surface area contributed by atoms with Crippen molar-refractivity contribution < 1.29 is 0 Å². The second kappa shape index (κ2) is 6.02. The van der Waals surface area contributed by atoms with Gasteiger partial charge in [-0.05, 0) is 38.3 Å². The van der Waals surface area contributed by atoms with E-state index in [2.05, 4.69) is 51.2 Å². The van der Waals surface area contributed by atoms with Crippen LogP contribution in [0.1, 0.15) is 43.0 Å². The fourth-order valence-electron chi connectivity index (χ4n) is 1.88. The van der Waals surface area contributed by atoms with E-state index in [0.29, 0.717) is 12.6 Å². The topological polar surface area (TPSA) is 38.0 Å². The van der Waals surface area contributed by atoms with Crippen LogP contribution in [0.3, 0.4) is 0 Å². The maximum atomic E-state index is 5.86. The fraction of sp³-hybridized carbons (Fsp3) is 0.571. The van der Waals surface area contributed by atoms with E-state index in [1.807, 2.05) is 0 Å². The van der Waals surface area contributed by atoms with Crippen LogP contribution >= 0.6 is 0 Å². The van der Waals surface area contributed by atoms with Crippen LogP contribution in [0.25, 0.3) is 0 Å². The Morgan fingerprint density at radius 1 is 1.31 bits per heavy atom. The van der Waals surface area contributed by atoms with E-state index < -0.39 is 0 Å². The molecule has 1 aromatic rings. The lowest BCUT2D eigenvalue weighted by Gasteiger charge is -2.23. The minimum Gasteiger partial charge on any atom is -0.329 e. The highest BCUT2D eigenvalue weighted by Crippen LogP contribution is 2.19. The van der Waals surface area contributed by atoms with Crippen LogP contribution in [0.2, 0.25) is 0 Å². The first-order chi connectivity index (χ1) is 7.58. The van der Waals surface area contributed by atoms with Gasteiger partial charge in [0.05, 0.1) is 0 Å². The van der Waals surface area contributed by atoms with Gasteiger partial charge in [-0.15, -0.1) is 0 Å². The Kier molecular flexibility index (Phi) is 4.97. The normalized spacial score (nSPS) is 14.8. The average Bonchev–Trinajstić information content (AvgIpc) is 2.29.